The molecule has 5 rings (SSSR count). The second-order valence-electron chi connectivity index (χ2n) is 9.97. The second-order valence-corrected chi connectivity index (χ2v) is 9.97. The molecule has 4 fully saturated rings. The van der Waals surface area contributed by atoms with Gasteiger partial charge in [0.15, 0.2) is 5.69 Å². The van der Waals surface area contributed by atoms with Gasteiger partial charge in [-0.25, -0.2) is 9.39 Å². The van der Waals surface area contributed by atoms with Gasteiger partial charge in [-0.2, -0.15) is 0 Å². The lowest BCUT2D eigenvalue weighted by molar-refractivity contribution is -0.00237. The number of nitrogens with zero attached hydrogens (tertiary/aromatic N) is 2. The van der Waals surface area contributed by atoms with Crippen LogP contribution in [0.4, 0.5) is 16.2 Å². The highest BCUT2D eigenvalue weighted by molar-refractivity contribution is 5.86. The van der Waals surface area contributed by atoms with Gasteiger partial charge in [0.05, 0.1) is 6.04 Å². The molecule has 0 radical (unpaired) electrons. The molecule has 2 heterocycles. The molecule has 2 saturated heterocycles. The summed E-state index contributed by atoms with van der Waals surface area (Å²) in [6, 6.07) is 7.26. The normalized spacial score (nSPS) is 33.3. The van der Waals surface area contributed by atoms with Crippen molar-refractivity contribution in [3.8, 4) is 0 Å². The van der Waals surface area contributed by atoms with Crippen molar-refractivity contribution < 1.29 is 9.53 Å². The predicted octanol–water partition coefficient (Wildman–Crippen LogP) is 5.23. The first-order valence-electron chi connectivity index (χ1n) is 11.8. The van der Waals surface area contributed by atoms with Crippen molar-refractivity contribution in [3.05, 3.63) is 23.8 Å². The van der Waals surface area contributed by atoms with E-state index < -0.39 is 0 Å². The zero-order valence-corrected chi connectivity index (χ0v) is 18.0. The number of aryl methyl sites for hydroxylation is 1. The molecule has 0 aromatic heterocycles. The molecule has 0 spiro atoms. The summed E-state index contributed by atoms with van der Waals surface area (Å²) >= 11 is 0. The molecule has 1 aromatic rings. The molecule has 29 heavy (non-hydrogen) atoms. The maximum absolute atomic E-state index is 12.5. The third kappa shape index (κ3) is 3.46. The molecule has 5 heteroatoms. The molecule has 5 nitrogen and oxygen atoms in total. The van der Waals surface area contributed by atoms with Crippen LogP contribution in [0.15, 0.2) is 18.2 Å². The Hall–Kier alpha value is -1.59. The fourth-order valence-corrected chi connectivity index (χ4v) is 6.66. The first kappa shape index (κ1) is 19.4. The van der Waals surface area contributed by atoms with Crippen molar-refractivity contribution in [1.29, 1.82) is 0 Å². The summed E-state index contributed by atoms with van der Waals surface area (Å²) in [5.41, 5.74) is 3.39. The second kappa shape index (κ2) is 7.59. The number of amides is 1. The van der Waals surface area contributed by atoms with Crippen molar-refractivity contribution in [2.75, 3.05) is 25.0 Å². The Kier molecular flexibility index (Phi) is 5.07. The van der Waals surface area contributed by atoms with Gasteiger partial charge < -0.3 is 4.74 Å². The van der Waals surface area contributed by atoms with Crippen molar-refractivity contribution in [3.63, 3.8) is 0 Å². The lowest BCUT2D eigenvalue weighted by atomic mass is 9.98. The van der Waals surface area contributed by atoms with E-state index in [0.717, 1.165) is 28.2 Å². The molecule has 2 bridgehead atoms. The number of ether oxygens (including phenoxy) is 1. The molecule has 2 aliphatic carbocycles. The van der Waals surface area contributed by atoms with E-state index in [-0.39, 0.29) is 12.2 Å². The van der Waals surface area contributed by atoms with Crippen molar-refractivity contribution >= 4 is 17.5 Å². The predicted molar refractivity (Wildman–Crippen MR) is 117 cm³/mol. The van der Waals surface area contributed by atoms with Crippen LogP contribution < -0.4 is 9.91 Å². The topological polar surface area (TPSA) is 41.6 Å². The van der Waals surface area contributed by atoms with E-state index in [2.05, 4.69) is 42.4 Å². The lowest BCUT2D eigenvalue weighted by Gasteiger charge is -2.43. The van der Waals surface area contributed by atoms with Gasteiger partial charge in [-0.3, -0.25) is 5.32 Å². The van der Waals surface area contributed by atoms with Crippen molar-refractivity contribution in [2.45, 2.75) is 77.4 Å². The van der Waals surface area contributed by atoms with Crippen LogP contribution in [0.2, 0.25) is 0 Å². The Morgan fingerprint density at radius 1 is 1.14 bits per heavy atom. The highest BCUT2D eigenvalue weighted by Crippen LogP contribution is 2.46. The summed E-state index contributed by atoms with van der Waals surface area (Å²) in [6.07, 6.45) is 9.89. The minimum absolute atomic E-state index is 0.128. The minimum atomic E-state index is -0.281. The molecule has 4 aliphatic rings. The number of hydrogen-bond acceptors (Lipinski definition) is 3. The van der Waals surface area contributed by atoms with Crippen LogP contribution in [0.1, 0.15) is 63.9 Å². The third-order valence-electron chi connectivity index (χ3n) is 8.17. The number of anilines is 1. The Balaban J connectivity index is 1.30. The summed E-state index contributed by atoms with van der Waals surface area (Å²) in [7, 11) is 0. The smallest absolute Gasteiger partial charge is 0.411 e. The quantitative estimate of drug-likeness (QED) is 0.706. The minimum Gasteiger partial charge on any atom is -0.446 e. The molecule has 1 aromatic carbocycles. The molecule has 2 unspecified atom stereocenters. The zero-order valence-electron chi connectivity index (χ0n) is 18.0. The van der Waals surface area contributed by atoms with Crippen LogP contribution in [0.25, 0.3) is 0 Å². The highest BCUT2D eigenvalue weighted by atomic mass is 16.6. The Morgan fingerprint density at radius 2 is 1.97 bits per heavy atom. The van der Waals surface area contributed by atoms with E-state index in [9.17, 15) is 4.79 Å². The third-order valence-corrected chi connectivity index (χ3v) is 8.17. The van der Waals surface area contributed by atoms with Crippen molar-refractivity contribution in [1.82, 2.24) is 9.60 Å². The zero-order chi connectivity index (χ0) is 20.0. The van der Waals surface area contributed by atoms with Crippen LogP contribution >= 0.6 is 0 Å². The Morgan fingerprint density at radius 3 is 2.59 bits per heavy atom. The van der Waals surface area contributed by atoms with Gasteiger partial charge >= 0.3 is 6.09 Å². The van der Waals surface area contributed by atoms with Crippen LogP contribution in [-0.2, 0) is 4.74 Å². The summed E-state index contributed by atoms with van der Waals surface area (Å²) < 4.78 is 6.79. The van der Waals surface area contributed by atoms with Gasteiger partial charge in [0.25, 0.3) is 0 Å². The molecular formula is C24H36N3O2+. The van der Waals surface area contributed by atoms with E-state index in [1.54, 1.807) is 0 Å². The van der Waals surface area contributed by atoms with Gasteiger partial charge in [-0.1, -0.05) is 0 Å². The van der Waals surface area contributed by atoms with Gasteiger partial charge in [0.1, 0.15) is 19.2 Å². The number of rotatable bonds is 4. The average molecular weight is 399 g/mol. The van der Waals surface area contributed by atoms with E-state index in [4.69, 9.17) is 4.74 Å². The van der Waals surface area contributed by atoms with E-state index in [0.29, 0.717) is 12.0 Å². The van der Waals surface area contributed by atoms with E-state index in [1.165, 1.54) is 70.3 Å². The maximum Gasteiger partial charge on any atom is 0.411 e. The molecule has 158 valence electrons. The molecular weight excluding hydrogens is 362 g/mol. The average Bonchev–Trinajstić information content (AvgIpc) is 3.47. The van der Waals surface area contributed by atoms with Crippen LogP contribution in [0, 0.1) is 18.8 Å². The fourth-order valence-electron chi connectivity index (χ4n) is 6.66. The van der Waals surface area contributed by atoms with Crippen LogP contribution in [0.5, 0.6) is 0 Å². The summed E-state index contributed by atoms with van der Waals surface area (Å²) in [6.45, 7) is 8.07. The summed E-state index contributed by atoms with van der Waals surface area (Å²) in [5, 5.41) is 5.73. The van der Waals surface area contributed by atoms with E-state index >= 15 is 0 Å². The fraction of sp³-hybridized carbons (Fsp3) is 0.708. The van der Waals surface area contributed by atoms with E-state index in [1.807, 2.05) is 0 Å². The first-order valence-corrected chi connectivity index (χ1v) is 11.8. The number of quaternary nitrogens is 1. The van der Waals surface area contributed by atoms with Crippen LogP contribution in [0.3, 0.4) is 0 Å². The largest absolute Gasteiger partial charge is 0.446 e. The number of nitrogens with one attached hydrogen (secondary N) is 1. The van der Waals surface area contributed by atoms with Crippen LogP contribution in [-0.4, -0.2) is 42.9 Å². The molecule has 1 N–H and O–H groups in total. The first-order chi connectivity index (χ1) is 14.0. The van der Waals surface area contributed by atoms with Gasteiger partial charge in [-0.15, -0.1) is 5.01 Å². The molecule has 2 saturated carbocycles. The highest BCUT2D eigenvalue weighted by Gasteiger charge is 2.45. The number of fused-ring (bicyclic) bond motifs is 2. The number of benzene rings is 1. The summed E-state index contributed by atoms with van der Waals surface area (Å²) in [5.74, 6) is 1.38. The van der Waals surface area contributed by atoms with Gasteiger partial charge in [-0.05, 0) is 75.8 Å². The lowest BCUT2D eigenvalue weighted by Crippen LogP contribution is -2.61. The number of carbonyl (C=O) groups excluding carboxylic acids is 1. The SMILES string of the molecule is Cc1cc([N+]2(N3CCCC3C)CCCC2)ccc1NC(=O)O[C@H]1CC2CC[C@H]1C2. The standard InChI is InChI=1S/C24H35N3O2/c1-17-14-21(27(12-3-4-13-27)26-11-5-6-18(26)2)9-10-22(17)25-24(28)29-23-16-19-7-8-20(23)15-19/h9-10,14,18-20,23H,3-8,11-13,15-16H2,1-2H3/p+1/t18?,19?,20-,23-/m0/s1. The number of hydrogen-bond donors (Lipinski definition) is 1. The Bertz CT molecular complexity index is 773. The Labute approximate surface area is 175 Å². The van der Waals surface area contributed by atoms with Gasteiger partial charge in [0.2, 0.25) is 0 Å². The summed E-state index contributed by atoms with van der Waals surface area (Å²) in [4.78, 5) is 12.5. The number of carbonyl (C=O) groups is 1. The van der Waals surface area contributed by atoms with Crippen molar-refractivity contribution in [2.24, 2.45) is 11.8 Å². The monoisotopic (exact) mass is 398 g/mol. The molecule has 4 atom stereocenters. The maximum atomic E-state index is 12.5. The molecule has 1 amide bonds. The van der Waals surface area contributed by atoms with Gasteiger partial charge in [0, 0.05) is 37.2 Å². The molecule has 2 aliphatic heterocycles.